The van der Waals surface area contributed by atoms with Gasteiger partial charge in [-0.3, -0.25) is 10.1 Å². The summed E-state index contributed by atoms with van der Waals surface area (Å²) in [5.74, 6) is 0.191. The van der Waals surface area contributed by atoms with Crippen LogP contribution < -0.4 is 5.32 Å². The van der Waals surface area contributed by atoms with Crippen LogP contribution in [0.15, 0.2) is 24.3 Å². The lowest BCUT2D eigenvalue weighted by molar-refractivity contribution is -0.128. The van der Waals surface area contributed by atoms with Crippen molar-refractivity contribution in [2.45, 2.75) is 38.8 Å². The zero-order chi connectivity index (χ0) is 13.7. The molecule has 1 amide bonds. The lowest BCUT2D eigenvalue weighted by Gasteiger charge is -2.24. The lowest BCUT2D eigenvalue weighted by Crippen LogP contribution is -2.31. The molecular weight excluding hydrogens is 260 g/mol. The van der Waals surface area contributed by atoms with Crippen LogP contribution in [0.5, 0.6) is 0 Å². The molecule has 0 spiro atoms. The zero-order valence-electron chi connectivity index (χ0n) is 11.4. The number of carbonyl (C=O) groups excluding carboxylic acids is 1. The largest absolute Gasteiger partial charge is 0.322 e. The van der Waals surface area contributed by atoms with Crippen molar-refractivity contribution in [3.63, 3.8) is 0 Å². The second-order valence-electron chi connectivity index (χ2n) is 4.98. The minimum absolute atomic E-state index is 0.00592. The number of hydrogen-bond donors (Lipinski definition) is 1. The summed E-state index contributed by atoms with van der Waals surface area (Å²) in [5.41, 5.74) is 1.10. The van der Waals surface area contributed by atoms with E-state index in [-0.39, 0.29) is 12.1 Å². The molecule has 1 heterocycles. The molecule has 19 heavy (non-hydrogen) atoms. The Morgan fingerprint density at radius 3 is 2.68 bits per heavy atom. The highest BCUT2D eigenvalue weighted by Gasteiger charge is 2.30. The Morgan fingerprint density at radius 2 is 2.00 bits per heavy atom. The number of amides is 1. The number of rotatable bonds is 6. The van der Waals surface area contributed by atoms with Gasteiger partial charge >= 0.3 is 0 Å². The van der Waals surface area contributed by atoms with Crippen molar-refractivity contribution in [3.8, 4) is 0 Å². The molecule has 1 aromatic carbocycles. The number of unbranched alkanes of at least 4 members (excludes halogenated alkanes) is 3. The third-order valence-electron chi connectivity index (χ3n) is 3.52. The van der Waals surface area contributed by atoms with Crippen molar-refractivity contribution in [3.05, 3.63) is 34.9 Å². The first-order chi connectivity index (χ1) is 9.22. The normalized spacial score (nSPS) is 19.2. The smallest absolute Gasteiger partial charge is 0.238 e. The van der Waals surface area contributed by atoms with Crippen molar-refractivity contribution in [2.75, 3.05) is 13.1 Å². The highest BCUT2D eigenvalue weighted by molar-refractivity contribution is 6.30. The highest BCUT2D eigenvalue weighted by Crippen LogP contribution is 2.24. The summed E-state index contributed by atoms with van der Waals surface area (Å²) in [6.45, 7) is 3.46. The Balaban J connectivity index is 1.98. The average molecular weight is 281 g/mol. The van der Waals surface area contributed by atoms with Crippen molar-refractivity contribution < 1.29 is 4.79 Å². The molecule has 0 radical (unpaired) electrons. The third-order valence-corrected chi connectivity index (χ3v) is 3.77. The molecule has 1 N–H and O–H groups in total. The minimum atomic E-state index is 0.00592. The monoisotopic (exact) mass is 280 g/mol. The molecule has 1 unspecified atom stereocenters. The van der Waals surface area contributed by atoms with E-state index in [9.17, 15) is 4.79 Å². The van der Waals surface area contributed by atoms with E-state index in [4.69, 9.17) is 11.6 Å². The van der Waals surface area contributed by atoms with Gasteiger partial charge in [-0.2, -0.15) is 0 Å². The van der Waals surface area contributed by atoms with Crippen LogP contribution in [-0.2, 0) is 4.79 Å². The topological polar surface area (TPSA) is 32.3 Å². The van der Waals surface area contributed by atoms with Gasteiger partial charge in [0.2, 0.25) is 5.91 Å². The van der Waals surface area contributed by atoms with E-state index in [0.29, 0.717) is 6.54 Å². The number of carbonyl (C=O) groups is 1. The van der Waals surface area contributed by atoms with Crippen LogP contribution in [-0.4, -0.2) is 23.9 Å². The molecule has 0 bridgehead atoms. The predicted octanol–water partition coefficient (Wildman–Crippen LogP) is 3.35. The first-order valence-corrected chi connectivity index (χ1v) is 7.38. The molecule has 1 aliphatic heterocycles. The maximum atomic E-state index is 11.9. The fourth-order valence-corrected chi connectivity index (χ4v) is 2.57. The number of benzene rings is 1. The fraction of sp³-hybridized carbons (Fsp3) is 0.533. The molecule has 3 nitrogen and oxygen atoms in total. The summed E-state index contributed by atoms with van der Waals surface area (Å²) in [7, 11) is 0. The summed E-state index contributed by atoms with van der Waals surface area (Å²) in [5, 5.41) is 3.99. The SMILES string of the molecule is CCCCCCN1C(=O)CNC1c1ccc(Cl)cc1. The molecule has 1 saturated heterocycles. The van der Waals surface area contributed by atoms with Crippen LogP contribution in [0.3, 0.4) is 0 Å². The Hall–Kier alpha value is -1.06. The molecule has 2 rings (SSSR count). The van der Waals surface area contributed by atoms with E-state index in [1.807, 2.05) is 29.2 Å². The number of halogens is 1. The van der Waals surface area contributed by atoms with Gasteiger partial charge in [-0.05, 0) is 24.1 Å². The van der Waals surface area contributed by atoms with Gasteiger partial charge in [-0.25, -0.2) is 0 Å². The Bertz CT molecular complexity index is 419. The number of nitrogens with zero attached hydrogens (tertiary/aromatic N) is 1. The molecular formula is C15H21ClN2O. The van der Waals surface area contributed by atoms with E-state index in [1.165, 1.54) is 19.3 Å². The van der Waals surface area contributed by atoms with Crippen LogP contribution in [0, 0.1) is 0 Å². The molecule has 0 saturated carbocycles. The van der Waals surface area contributed by atoms with Gasteiger partial charge in [-0.1, -0.05) is 49.9 Å². The number of nitrogens with one attached hydrogen (secondary N) is 1. The Labute approximate surface area is 119 Å². The Kier molecular flexibility index (Phi) is 5.23. The maximum Gasteiger partial charge on any atom is 0.238 e. The fourth-order valence-electron chi connectivity index (χ4n) is 2.45. The highest BCUT2D eigenvalue weighted by atomic mass is 35.5. The van der Waals surface area contributed by atoms with E-state index in [0.717, 1.165) is 23.6 Å². The van der Waals surface area contributed by atoms with Gasteiger partial charge < -0.3 is 4.90 Å². The molecule has 1 fully saturated rings. The van der Waals surface area contributed by atoms with Gasteiger partial charge in [0.25, 0.3) is 0 Å². The lowest BCUT2D eigenvalue weighted by atomic mass is 10.1. The van der Waals surface area contributed by atoms with Gasteiger partial charge in [0.1, 0.15) is 6.17 Å². The second kappa shape index (κ2) is 6.92. The van der Waals surface area contributed by atoms with Crippen LogP contribution in [0.2, 0.25) is 5.02 Å². The van der Waals surface area contributed by atoms with E-state index >= 15 is 0 Å². The summed E-state index contributed by atoms with van der Waals surface area (Å²) in [4.78, 5) is 13.9. The average Bonchev–Trinajstić information content (AvgIpc) is 2.77. The summed E-state index contributed by atoms with van der Waals surface area (Å²) in [6.07, 6.45) is 4.72. The van der Waals surface area contributed by atoms with Crippen molar-refractivity contribution in [1.29, 1.82) is 0 Å². The zero-order valence-corrected chi connectivity index (χ0v) is 12.1. The molecule has 1 aromatic rings. The summed E-state index contributed by atoms with van der Waals surface area (Å²) in [6, 6.07) is 7.71. The maximum absolute atomic E-state index is 11.9. The first kappa shape index (κ1) is 14.4. The molecule has 0 aromatic heterocycles. The minimum Gasteiger partial charge on any atom is -0.322 e. The van der Waals surface area contributed by atoms with Crippen molar-refractivity contribution >= 4 is 17.5 Å². The molecule has 104 valence electrons. The first-order valence-electron chi connectivity index (χ1n) is 7.00. The standard InChI is InChI=1S/C15H21ClN2O/c1-2-3-4-5-10-18-14(19)11-17-15(18)12-6-8-13(16)9-7-12/h6-9,15,17H,2-5,10-11H2,1H3. The molecule has 1 aliphatic rings. The van der Waals surface area contributed by atoms with Gasteiger partial charge in [-0.15, -0.1) is 0 Å². The van der Waals surface area contributed by atoms with Crippen LogP contribution in [0.4, 0.5) is 0 Å². The van der Waals surface area contributed by atoms with E-state index in [1.54, 1.807) is 0 Å². The van der Waals surface area contributed by atoms with Crippen LogP contribution in [0.1, 0.15) is 44.3 Å². The van der Waals surface area contributed by atoms with Gasteiger partial charge in [0.05, 0.1) is 6.54 Å². The quantitative estimate of drug-likeness (QED) is 0.811. The molecule has 0 aliphatic carbocycles. The van der Waals surface area contributed by atoms with E-state index < -0.39 is 0 Å². The molecule has 4 heteroatoms. The van der Waals surface area contributed by atoms with Crippen LogP contribution in [0.25, 0.3) is 0 Å². The number of hydrogen-bond acceptors (Lipinski definition) is 2. The second-order valence-corrected chi connectivity index (χ2v) is 5.42. The van der Waals surface area contributed by atoms with Gasteiger partial charge in [0.15, 0.2) is 0 Å². The summed E-state index contributed by atoms with van der Waals surface area (Å²) >= 11 is 5.90. The van der Waals surface area contributed by atoms with Gasteiger partial charge in [0, 0.05) is 11.6 Å². The third kappa shape index (κ3) is 3.71. The predicted molar refractivity (Wildman–Crippen MR) is 78.1 cm³/mol. The molecule has 1 atom stereocenters. The van der Waals surface area contributed by atoms with Crippen molar-refractivity contribution in [2.24, 2.45) is 0 Å². The van der Waals surface area contributed by atoms with Crippen LogP contribution >= 0.6 is 11.6 Å². The van der Waals surface area contributed by atoms with E-state index in [2.05, 4.69) is 12.2 Å². The Morgan fingerprint density at radius 1 is 1.26 bits per heavy atom. The van der Waals surface area contributed by atoms with Crippen molar-refractivity contribution in [1.82, 2.24) is 10.2 Å². The summed E-state index contributed by atoms with van der Waals surface area (Å²) < 4.78 is 0.